The van der Waals surface area contributed by atoms with E-state index in [9.17, 15) is 4.79 Å². The zero-order valence-corrected chi connectivity index (χ0v) is 15.1. The molecule has 0 aromatic carbocycles. The number of nitrogens with zero attached hydrogens (tertiary/aromatic N) is 2. The second-order valence-electron chi connectivity index (χ2n) is 5.38. The van der Waals surface area contributed by atoms with E-state index in [4.69, 9.17) is 0 Å². The first-order valence-electron chi connectivity index (χ1n) is 7.00. The number of carbonyl (C=O) groups excluding carboxylic acids is 1. The summed E-state index contributed by atoms with van der Waals surface area (Å²) in [6.07, 6.45) is 4.53. The molecule has 0 atom stereocenters. The fourth-order valence-electron chi connectivity index (χ4n) is 2.42. The maximum absolute atomic E-state index is 12.4. The van der Waals surface area contributed by atoms with Gasteiger partial charge in [0.1, 0.15) is 5.69 Å². The quantitative estimate of drug-likeness (QED) is 0.838. The number of hydrogen-bond acceptors (Lipinski definition) is 5. The van der Waals surface area contributed by atoms with Gasteiger partial charge in [0.2, 0.25) is 0 Å². The molecular formula is C14H16BrN3OS2. The van der Waals surface area contributed by atoms with E-state index in [2.05, 4.69) is 45.1 Å². The SMILES string of the molecule is CC(C)c1sc(Br)nc1C(=O)Nc1nc2c(s1)CCCC2. The molecule has 1 aliphatic rings. The lowest BCUT2D eigenvalue weighted by Gasteiger charge is -2.06. The van der Waals surface area contributed by atoms with Gasteiger partial charge >= 0.3 is 0 Å². The average molecular weight is 386 g/mol. The van der Waals surface area contributed by atoms with Gasteiger partial charge in [-0.15, -0.1) is 22.7 Å². The van der Waals surface area contributed by atoms with Crippen molar-refractivity contribution >= 4 is 49.6 Å². The average Bonchev–Trinajstić information content (AvgIpc) is 3.01. The summed E-state index contributed by atoms with van der Waals surface area (Å²) in [5.41, 5.74) is 1.67. The third-order valence-electron chi connectivity index (χ3n) is 3.43. The Hall–Kier alpha value is -0.790. The fraction of sp³-hybridized carbons (Fsp3) is 0.500. The molecule has 2 aromatic heterocycles. The molecule has 0 aliphatic heterocycles. The van der Waals surface area contributed by atoms with E-state index in [1.165, 1.54) is 29.1 Å². The lowest BCUT2D eigenvalue weighted by Crippen LogP contribution is -2.14. The van der Waals surface area contributed by atoms with Crippen LogP contribution in [-0.4, -0.2) is 15.9 Å². The molecule has 3 rings (SSSR count). The van der Waals surface area contributed by atoms with E-state index in [0.717, 1.165) is 27.3 Å². The number of amides is 1. The molecule has 0 saturated carbocycles. The molecular weight excluding hydrogens is 370 g/mol. The molecule has 21 heavy (non-hydrogen) atoms. The van der Waals surface area contributed by atoms with E-state index in [-0.39, 0.29) is 11.8 Å². The summed E-state index contributed by atoms with van der Waals surface area (Å²) in [5.74, 6) is 0.116. The minimum atomic E-state index is -0.160. The molecule has 0 saturated heterocycles. The topological polar surface area (TPSA) is 54.9 Å². The van der Waals surface area contributed by atoms with E-state index >= 15 is 0 Å². The normalized spacial score (nSPS) is 14.3. The third kappa shape index (κ3) is 3.19. The molecule has 0 bridgehead atoms. The summed E-state index contributed by atoms with van der Waals surface area (Å²) < 4.78 is 0.745. The van der Waals surface area contributed by atoms with Gasteiger partial charge in [-0.2, -0.15) is 0 Å². The van der Waals surface area contributed by atoms with Crippen LogP contribution < -0.4 is 5.32 Å². The predicted octanol–water partition coefficient (Wildman–Crippen LogP) is 4.62. The number of aryl methyl sites for hydroxylation is 2. The van der Waals surface area contributed by atoms with Crippen molar-refractivity contribution in [2.24, 2.45) is 0 Å². The zero-order chi connectivity index (χ0) is 15.0. The van der Waals surface area contributed by atoms with Gasteiger partial charge in [0.05, 0.1) is 5.69 Å². The maximum Gasteiger partial charge on any atom is 0.277 e. The summed E-state index contributed by atoms with van der Waals surface area (Å²) in [5, 5.41) is 3.62. The molecule has 1 aliphatic carbocycles. The van der Waals surface area contributed by atoms with Gasteiger partial charge in [-0.1, -0.05) is 13.8 Å². The second-order valence-corrected chi connectivity index (χ2v) is 8.77. The molecule has 0 unspecified atom stereocenters. The van der Waals surface area contributed by atoms with Crippen molar-refractivity contribution in [3.63, 3.8) is 0 Å². The first-order valence-corrected chi connectivity index (χ1v) is 9.43. The lowest BCUT2D eigenvalue weighted by atomic mass is 10.0. The first kappa shape index (κ1) is 15.1. The van der Waals surface area contributed by atoms with Crippen molar-refractivity contribution in [1.29, 1.82) is 0 Å². The van der Waals surface area contributed by atoms with Crippen molar-refractivity contribution in [3.05, 3.63) is 25.1 Å². The van der Waals surface area contributed by atoms with Gasteiger partial charge in [0.15, 0.2) is 9.05 Å². The third-order valence-corrected chi connectivity index (χ3v) is 6.31. The maximum atomic E-state index is 12.4. The second kappa shape index (κ2) is 6.14. The van der Waals surface area contributed by atoms with E-state index in [1.54, 1.807) is 11.3 Å². The van der Waals surface area contributed by atoms with Crippen molar-refractivity contribution in [1.82, 2.24) is 9.97 Å². The molecule has 7 heteroatoms. The largest absolute Gasteiger partial charge is 0.296 e. The van der Waals surface area contributed by atoms with Crippen LogP contribution in [0.1, 0.15) is 58.5 Å². The monoisotopic (exact) mass is 385 g/mol. The molecule has 0 radical (unpaired) electrons. The summed E-state index contributed by atoms with van der Waals surface area (Å²) in [6.45, 7) is 4.14. The van der Waals surface area contributed by atoms with E-state index < -0.39 is 0 Å². The van der Waals surface area contributed by atoms with Gasteiger partial charge in [0.25, 0.3) is 5.91 Å². The molecule has 1 N–H and O–H groups in total. The van der Waals surface area contributed by atoms with Crippen molar-refractivity contribution in [2.75, 3.05) is 5.32 Å². The number of carbonyl (C=O) groups is 1. The fourth-order valence-corrected chi connectivity index (χ4v) is 4.96. The van der Waals surface area contributed by atoms with Crippen molar-refractivity contribution in [3.8, 4) is 0 Å². The van der Waals surface area contributed by atoms with Gasteiger partial charge in [-0.25, -0.2) is 9.97 Å². The number of hydrogen-bond donors (Lipinski definition) is 1. The Morgan fingerprint density at radius 2 is 2.00 bits per heavy atom. The van der Waals surface area contributed by atoms with Gasteiger partial charge < -0.3 is 0 Å². The minimum absolute atomic E-state index is 0.160. The highest BCUT2D eigenvalue weighted by atomic mass is 79.9. The summed E-state index contributed by atoms with van der Waals surface area (Å²) in [6, 6.07) is 0. The summed E-state index contributed by atoms with van der Waals surface area (Å²) in [4.78, 5) is 23.6. The van der Waals surface area contributed by atoms with Crippen LogP contribution in [0.15, 0.2) is 3.92 Å². The van der Waals surface area contributed by atoms with Crippen molar-refractivity contribution < 1.29 is 4.79 Å². The Morgan fingerprint density at radius 1 is 1.24 bits per heavy atom. The van der Waals surface area contributed by atoms with Crippen LogP contribution >= 0.6 is 38.6 Å². The Balaban J connectivity index is 1.81. The first-order chi connectivity index (χ1) is 10.0. The molecule has 4 nitrogen and oxygen atoms in total. The molecule has 0 fully saturated rings. The number of thiazole rings is 2. The lowest BCUT2D eigenvalue weighted by molar-refractivity contribution is 0.102. The van der Waals surface area contributed by atoms with Gasteiger partial charge in [-0.05, 0) is 47.5 Å². The molecule has 2 aromatic rings. The van der Waals surface area contributed by atoms with Crippen LogP contribution in [0.2, 0.25) is 0 Å². The van der Waals surface area contributed by atoms with Crippen LogP contribution in [0.5, 0.6) is 0 Å². The molecule has 0 spiro atoms. The number of anilines is 1. The Kier molecular flexibility index (Phi) is 4.42. The highest BCUT2D eigenvalue weighted by Crippen LogP contribution is 2.32. The zero-order valence-electron chi connectivity index (χ0n) is 11.9. The number of rotatable bonds is 3. The highest BCUT2D eigenvalue weighted by Gasteiger charge is 2.22. The standard InChI is InChI=1S/C14H16BrN3OS2/c1-7(2)11-10(17-13(15)21-11)12(19)18-14-16-8-5-3-4-6-9(8)20-14/h7H,3-6H2,1-2H3,(H,16,18,19). The van der Waals surface area contributed by atoms with E-state index in [0.29, 0.717) is 10.8 Å². The van der Waals surface area contributed by atoms with Gasteiger partial charge in [0, 0.05) is 9.75 Å². The smallest absolute Gasteiger partial charge is 0.277 e. The number of aromatic nitrogens is 2. The predicted molar refractivity (Wildman–Crippen MR) is 90.6 cm³/mol. The molecule has 112 valence electrons. The number of nitrogens with one attached hydrogen (secondary N) is 1. The molecule has 1 amide bonds. The Bertz CT molecular complexity index is 654. The van der Waals surface area contributed by atoms with Crippen LogP contribution in [0, 0.1) is 0 Å². The molecule has 2 heterocycles. The summed E-state index contributed by atoms with van der Waals surface area (Å²) in [7, 11) is 0. The number of fused-ring (bicyclic) bond motifs is 1. The van der Waals surface area contributed by atoms with Crippen LogP contribution in [0.3, 0.4) is 0 Å². The summed E-state index contributed by atoms with van der Waals surface area (Å²) >= 11 is 6.48. The van der Waals surface area contributed by atoms with E-state index in [1.807, 2.05) is 0 Å². The Labute approximate surface area is 140 Å². The highest BCUT2D eigenvalue weighted by molar-refractivity contribution is 9.11. The van der Waals surface area contributed by atoms with Crippen molar-refractivity contribution in [2.45, 2.75) is 45.4 Å². The van der Waals surface area contributed by atoms with Crippen LogP contribution in [-0.2, 0) is 12.8 Å². The van der Waals surface area contributed by atoms with Gasteiger partial charge in [-0.3, -0.25) is 10.1 Å². The minimum Gasteiger partial charge on any atom is -0.296 e. The van der Waals surface area contributed by atoms with Crippen LogP contribution in [0.4, 0.5) is 5.13 Å². The van der Waals surface area contributed by atoms with Crippen LogP contribution in [0.25, 0.3) is 0 Å². The number of halogens is 1. The Morgan fingerprint density at radius 3 is 2.71 bits per heavy atom.